The Morgan fingerprint density at radius 3 is 2.65 bits per heavy atom. The van der Waals surface area contributed by atoms with E-state index in [0.717, 1.165) is 21.5 Å². The molecule has 5 rings (SSSR count). The molecule has 34 heavy (non-hydrogen) atoms. The summed E-state index contributed by atoms with van der Waals surface area (Å²) >= 11 is 1.32. The first-order valence-corrected chi connectivity index (χ1v) is 11.3. The van der Waals surface area contributed by atoms with Crippen LogP contribution in [0.4, 0.5) is 14.9 Å². The topological polar surface area (TPSA) is 105 Å². The Morgan fingerprint density at radius 1 is 1.18 bits per heavy atom. The molecule has 0 aliphatic carbocycles. The van der Waals surface area contributed by atoms with Crippen molar-refractivity contribution in [1.29, 1.82) is 0 Å². The Labute approximate surface area is 197 Å². The number of amides is 4. The van der Waals surface area contributed by atoms with Gasteiger partial charge in [-0.2, -0.15) is 5.10 Å². The molecule has 4 aromatic rings. The van der Waals surface area contributed by atoms with Crippen molar-refractivity contribution in [3.8, 4) is 0 Å². The Hall–Kier alpha value is -4.05. The minimum Gasteiger partial charge on any atom is -0.321 e. The highest BCUT2D eigenvalue weighted by Crippen LogP contribution is 2.30. The van der Waals surface area contributed by atoms with Crippen LogP contribution in [0.3, 0.4) is 0 Å². The van der Waals surface area contributed by atoms with Crippen LogP contribution < -0.4 is 16.0 Å². The Balaban J connectivity index is 1.39. The number of halogens is 1. The highest BCUT2D eigenvalue weighted by Gasteiger charge is 2.43. The molecule has 1 aliphatic heterocycles. The van der Waals surface area contributed by atoms with Crippen molar-refractivity contribution in [2.75, 3.05) is 5.32 Å². The van der Waals surface area contributed by atoms with Gasteiger partial charge in [-0.15, -0.1) is 11.3 Å². The number of aryl methyl sites for hydroxylation is 1. The zero-order chi connectivity index (χ0) is 24.0. The van der Waals surface area contributed by atoms with Crippen LogP contribution in [0.2, 0.25) is 0 Å². The molecule has 1 fully saturated rings. The van der Waals surface area contributed by atoms with Gasteiger partial charge in [-0.05, 0) is 55.3 Å². The molecule has 1 unspecified atom stereocenters. The first-order chi connectivity index (χ1) is 16.2. The number of fused-ring (bicyclic) bond motifs is 1. The average Bonchev–Trinajstić information content (AvgIpc) is 3.44. The molecule has 3 N–H and O–H groups in total. The van der Waals surface area contributed by atoms with Crippen molar-refractivity contribution in [2.24, 2.45) is 0 Å². The minimum atomic E-state index is -1.21. The second-order valence-electron chi connectivity index (χ2n) is 8.27. The number of carbonyl (C=O) groups excluding carboxylic acids is 3. The molecule has 2 aromatic carbocycles. The fraction of sp³-hybridized carbons (Fsp3) is 0.167. The number of rotatable bonds is 5. The highest BCUT2D eigenvalue weighted by molar-refractivity contribution is 7.20. The van der Waals surface area contributed by atoms with Crippen LogP contribution in [0, 0.1) is 12.7 Å². The van der Waals surface area contributed by atoms with E-state index in [1.807, 2.05) is 11.6 Å². The first-order valence-electron chi connectivity index (χ1n) is 10.5. The van der Waals surface area contributed by atoms with Crippen LogP contribution in [-0.4, -0.2) is 27.6 Å². The highest BCUT2D eigenvalue weighted by atomic mass is 32.1. The van der Waals surface area contributed by atoms with E-state index in [9.17, 15) is 18.8 Å². The molecule has 2 aromatic heterocycles. The molecule has 3 heterocycles. The van der Waals surface area contributed by atoms with Crippen LogP contribution in [0.25, 0.3) is 10.2 Å². The molecular formula is C24H20FN5O3S. The van der Waals surface area contributed by atoms with E-state index in [0.29, 0.717) is 22.7 Å². The van der Waals surface area contributed by atoms with E-state index >= 15 is 0 Å². The molecule has 1 aliphatic rings. The fourth-order valence-corrected chi connectivity index (χ4v) is 5.00. The van der Waals surface area contributed by atoms with Crippen LogP contribution >= 0.6 is 11.3 Å². The predicted octanol–water partition coefficient (Wildman–Crippen LogP) is 3.90. The number of carbonyl (C=O) groups is 3. The summed E-state index contributed by atoms with van der Waals surface area (Å²) in [5, 5.41) is 13.2. The molecule has 1 saturated heterocycles. The van der Waals surface area contributed by atoms with Gasteiger partial charge in [0.15, 0.2) is 0 Å². The van der Waals surface area contributed by atoms with Gasteiger partial charge in [0.25, 0.3) is 11.8 Å². The summed E-state index contributed by atoms with van der Waals surface area (Å²) in [6, 6.07) is 14.3. The van der Waals surface area contributed by atoms with E-state index in [4.69, 9.17) is 0 Å². The maximum Gasteiger partial charge on any atom is 0.322 e. The quantitative estimate of drug-likeness (QED) is 0.379. The summed E-state index contributed by atoms with van der Waals surface area (Å²) in [7, 11) is 0. The van der Waals surface area contributed by atoms with Crippen molar-refractivity contribution < 1.29 is 18.8 Å². The Morgan fingerprint density at radius 2 is 1.94 bits per heavy atom. The van der Waals surface area contributed by atoms with Crippen molar-refractivity contribution in [2.45, 2.75) is 25.9 Å². The third kappa shape index (κ3) is 3.81. The third-order valence-electron chi connectivity index (χ3n) is 5.82. The number of aromatic nitrogens is 2. The number of imide groups is 1. The lowest BCUT2D eigenvalue weighted by molar-refractivity contribution is -0.123. The molecular weight excluding hydrogens is 457 g/mol. The summed E-state index contributed by atoms with van der Waals surface area (Å²) in [6.07, 6.45) is 0. The fourth-order valence-electron chi connectivity index (χ4n) is 3.94. The van der Waals surface area contributed by atoms with Crippen LogP contribution in [0.5, 0.6) is 0 Å². The minimum absolute atomic E-state index is 0.295. The number of urea groups is 1. The van der Waals surface area contributed by atoms with Gasteiger partial charge in [0, 0.05) is 11.1 Å². The van der Waals surface area contributed by atoms with Crippen LogP contribution in [-0.2, 0) is 16.9 Å². The number of benzene rings is 2. The summed E-state index contributed by atoms with van der Waals surface area (Å²) in [5.74, 6) is -1.04. The summed E-state index contributed by atoms with van der Waals surface area (Å²) < 4.78 is 15.0. The maximum atomic E-state index is 13.2. The SMILES string of the molecule is Cc1nn(Cc2ccc(F)cc2)c2sc(C(=O)Nc3cccc(C4(C)NC(=O)NC4=O)c3)cc12. The number of hydrogen-bond acceptors (Lipinski definition) is 5. The van der Waals surface area contributed by atoms with Gasteiger partial charge in [0.2, 0.25) is 0 Å². The number of anilines is 1. The second-order valence-corrected chi connectivity index (χ2v) is 9.30. The molecule has 4 amide bonds. The molecule has 172 valence electrons. The van der Waals surface area contributed by atoms with E-state index in [1.54, 1.807) is 49.4 Å². The zero-order valence-electron chi connectivity index (χ0n) is 18.3. The van der Waals surface area contributed by atoms with E-state index < -0.39 is 17.5 Å². The van der Waals surface area contributed by atoms with Crippen molar-refractivity contribution >= 4 is 45.1 Å². The number of thiophene rings is 1. The largest absolute Gasteiger partial charge is 0.322 e. The maximum absolute atomic E-state index is 13.2. The molecule has 1 atom stereocenters. The lowest BCUT2D eigenvalue weighted by Gasteiger charge is -2.21. The summed E-state index contributed by atoms with van der Waals surface area (Å²) in [4.78, 5) is 38.2. The molecule has 8 nitrogen and oxygen atoms in total. The van der Waals surface area contributed by atoms with Gasteiger partial charge in [-0.3, -0.25) is 19.6 Å². The van der Waals surface area contributed by atoms with Gasteiger partial charge in [-0.25, -0.2) is 9.18 Å². The lowest BCUT2D eigenvalue weighted by atomic mass is 9.92. The van der Waals surface area contributed by atoms with Gasteiger partial charge in [0.1, 0.15) is 16.2 Å². The second kappa shape index (κ2) is 8.07. The van der Waals surface area contributed by atoms with E-state index in [-0.39, 0.29) is 11.7 Å². The molecule has 0 saturated carbocycles. The molecule has 10 heteroatoms. The van der Waals surface area contributed by atoms with Gasteiger partial charge in [0.05, 0.1) is 17.1 Å². The van der Waals surface area contributed by atoms with Gasteiger partial charge in [-0.1, -0.05) is 24.3 Å². The van der Waals surface area contributed by atoms with Crippen molar-refractivity contribution in [3.05, 3.63) is 82.1 Å². The zero-order valence-corrected chi connectivity index (χ0v) is 19.1. The van der Waals surface area contributed by atoms with Crippen molar-refractivity contribution in [3.63, 3.8) is 0 Å². The third-order valence-corrected chi connectivity index (χ3v) is 6.97. The molecule has 0 radical (unpaired) electrons. The monoisotopic (exact) mass is 477 g/mol. The van der Waals surface area contributed by atoms with Crippen LogP contribution in [0.15, 0.2) is 54.6 Å². The molecule has 0 spiro atoms. The van der Waals surface area contributed by atoms with E-state index in [1.165, 1.54) is 23.5 Å². The van der Waals surface area contributed by atoms with Crippen LogP contribution in [0.1, 0.15) is 33.4 Å². The Bertz CT molecular complexity index is 1460. The predicted molar refractivity (Wildman–Crippen MR) is 126 cm³/mol. The smallest absolute Gasteiger partial charge is 0.321 e. The standard InChI is InChI=1S/C24H20FN5O3S/c1-13-18-11-19(34-21(18)30(29-13)12-14-6-8-16(25)9-7-14)20(31)26-17-5-3-4-15(10-17)24(2)22(32)27-23(33)28-24/h3-11H,12H2,1-2H3,(H,26,31)(H2,27,28,32,33). The summed E-state index contributed by atoms with van der Waals surface area (Å²) in [5.41, 5.74) is 1.54. The number of hydrogen-bond donors (Lipinski definition) is 3. The first kappa shape index (κ1) is 21.8. The average molecular weight is 478 g/mol. The van der Waals surface area contributed by atoms with E-state index in [2.05, 4.69) is 21.0 Å². The van der Waals surface area contributed by atoms with Gasteiger partial charge >= 0.3 is 6.03 Å². The lowest BCUT2D eigenvalue weighted by Crippen LogP contribution is -2.40. The van der Waals surface area contributed by atoms with Crippen molar-refractivity contribution in [1.82, 2.24) is 20.4 Å². The number of nitrogens with one attached hydrogen (secondary N) is 3. The normalized spacial score (nSPS) is 17.6. The Kier molecular flexibility index (Phi) is 5.17. The number of nitrogens with zero attached hydrogens (tertiary/aromatic N) is 2. The van der Waals surface area contributed by atoms with Gasteiger partial charge < -0.3 is 10.6 Å². The summed E-state index contributed by atoms with van der Waals surface area (Å²) in [6.45, 7) is 3.94. The molecule has 0 bridgehead atoms.